The molecule has 1 atom stereocenters. The summed E-state index contributed by atoms with van der Waals surface area (Å²) < 4.78 is 0. The summed E-state index contributed by atoms with van der Waals surface area (Å²) in [5, 5.41) is 3.32. The molecule has 0 spiro atoms. The Kier molecular flexibility index (Phi) is 5.73. The molecule has 19 heavy (non-hydrogen) atoms. The molecular weight excluding hydrogens is 256 g/mol. The third kappa shape index (κ3) is 4.25. The molecule has 1 aromatic rings. The normalized spacial score (nSPS) is 19.1. The number of rotatable bonds is 5. The number of thioether (sulfide) groups is 1. The Morgan fingerprint density at radius 2 is 2.21 bits per heavy atom. The summed E-state index contributed by atoms with van der Waals surface area (Å²) in [6.45, 7) is 4.59. The number of hydrogen-bond acceptors (Lipinski definition) is 3. The Morgan fingerprint density at radius 3 is 2.84 bits per heavy atom. The molecule has 1 amide bonds. The molecule has 0 aliphatic carbocycles. The van der Waals surface area contributed by atoms with Crippen LogP contribution in [0.3, 0.4) is 0 Å². The maximum atomic E-state index is 12.4. The fourth-order valence-electron chi connectivity index (χ4n) is 2.28. The van der Waals surface area contributed by atoms with Crippen molar-refractivity contribution in [3.8, 4) is 0 Å². The van der Waals surface area contributed by atoms with Gasteiger partial charge in [0.1, 0.15) is 0 Å². The molecule has 2 rings (SSSR count). The van der Waals surface area contributed by atoms with Gasteiger partial charge in [-0.1, -0.05) is 30.3 Å². The van der Waals surface area contributed by atoms with Gasteiger partial charge in [-0.15, -0.1) is 0 Å². The van der Waals surface area contributed by atoms with Crippen LogP contribution in [0.1, 0.15) is 12.5 Å². The maximum absolute atomic E-state index is 12.4. The van der Waals surface area contributed by atoms with Crippen LogP contribution in [0, 0.1) is 0 Å². The Labute approximate surface area is 119 Å². The number of benzene rings is 1. The maximum Gasteiger partial charge on any atom is 0.240 e. The molecule has 1 saturated heterocycles. The average Bonchev–Trinajstić information content (AvgIpc) is 2.49. The van der Waals surface area contributed by atoms with Gasteiger partial charge in [-0.2, -0.15) is 11.8 Å². The number of nitrogens with one attached hydrogen (secondary N) is 1. The van der Waals surface area contributed by atoms with E-state index in [1.165, 1.54) is 5.56 Å². The van der Waals surface area contributed by atoms with Gasteiger partial charge in [-0.3, -0.25) is 4.79 Å². The van der Waals surface area contributed by atoms with Crippen molar-refractivity contribution >= 4 is 17.7 Å². The number of carbonyl (C=O) groups excluding carboxylic acids is 1. The van der Waals surface area contributed by atoms with Crippen LogP contribution >= 0.6 is 11.8 Å². The lowest BCUT2D eigenvalue weighted by molar-refractivity contribution is -0.132. The van der Waals surface area contributed by atoms with Crippen LogP contribution in [0.25, 0.3) is 0 Å². The second kappa shape index (κ2) is 7.56. The molecule has 1 aliphatic rings. The summed E-state index contributed by atoms with van der Waals surface area (Å²) in [7, 11) is 0. The summed E-state index contributed by atoms with van der Waals surface area (Å²) in [5.41, 5.74) is 1.29. The van der Waals surface area contributed by atoms with Gasteiger partial charge in [0.2, 0.25) is 5.91 Å². The second-order valence-electron chi connectivity index (χ2n) is 4.74. The highest BCUT2D eigenvalue weighted by molar-refractivity contribution is 7.99. The van der Waals surface area contributed by atoms with Crippen molar-refractivity contribution in [1.82, 2.24) is 10.2 Å². The monoisotopic (exact) mass is 278 g/mol. The van der Waals surface area contributed by atoms with Crippen molar-refractivity contribution in [2.75, 3.05) is 31.1 Å². The van der Waals surface area contributed by atoms with E-state index in [0.29, 0.717) is 0 Å². The van der Waals surface area contributed by atoms with Crippen LogP contribution in [-0.4, -0.2) is 48.0 Å². The van der Waals surface area contributed by atoms with Crippen LogP contribution in [0.4, 0.5) is 0 Å². The van der Waals surface area contributed by atoms with Crippen molar-refractivity contribution in [2.45, 2.75) is 19.4 Å². The first-order valence-electron chi connectivity index (χ1n) is 6.95. The number of amides is 1. The molecule has 0 bridgehead atoms. The molecule has 4 heteroatoms. The fourth-order valence-corrected chi connectivity index (χ4v) is 3.20. The van der Waals surface area contributed by atoms with E-state index in [9.17, 15) is 4.79 Å². The molecule has 1 aliphatic heterocycles. The van der Waals surface area contributed by atoms with Crippen LogP contribution in [-0.2, 0) is 11.2 Å². The highest BCUT2D eigenvalue weighted by Crippen LogP contribution is 2.11. The first kappa shape index (κ1) is 14.4. The highest BCUT2D eigenvalue weighted by Gasteiger charge is 2.24. The minimum absolute atomic E-state index is 0.00877. The lowest BCUT2D eigenvalue weighted by Gasteiger charge is -2.29. The summed E-state index contributed by atoms with van der Waals surface area (Å²) in [6, 6.07) is 10.4. The SMILES string of the molecule is CCN(CCc1ccccc1)C(=O)C1CSCCN1. The Balaban J connectivity index is 1.86. The summed E-state index contributed by atoms with van der Waals surface area (Å²) in [6.07, 6.45) is 0.931. The van der Waals surface area contributed by atoms with E-state index in [0.717, 1.165) is 37.6 Å². The zero-order valence-corrected chi connectivity index (χ0v) is 12.3. The van der Waals surface area contributed by atoms with Crippen LogP contribution in [0.5, 0.6) is 0 Å². The number of likely N-dealkylation sites (N-methyl/N-ethyl adjacent to an activating group) is 1. The largest absolute Gasteiger partial charge is 0.341 e. The van der Waals surface area contributed by atoms with Gasteiger partial charge in [-0.05, 0) is 18.9 Å². The van der Waals surface area contributed by atoms with Crippen molar-refractivity contribution in [3.63, 3.8) is 0 Å². The molecule has 0 aromatic heterocycles. The molecule has 0 radical (unpaired) electrons. The molecule has 1 unspecified atom stereocenters. The predicted molar refractivity (Wildman–Crippen MR) is 81.5 cm³/mol. The number of hydrogen-bond donors (Lipinski definition) is 1. The standard InChI is InChI=1S/C15H22N2OS/c1-2-17(10-8-13-6-4-3-5-7-13)15(18)14-12-19-11-9-16-14/h3-7,14,16H,2,8-12H2,1H3. The van der Waals surface area contributed by atoms with E-state index in [2.05, 4.69) is 24.4 Å². The van der Waals surface area contributed by atoms with Crippen molar-refractivity contribution in [2.24, 2.45) is 0 Å². The first-order chi connectivity index (χ1) is 9.31. The summed E-state index contributed by atoms with van der Waals surface area (Å²) in [5.74, 6) is 2.27. The molecule has 1 N–H and O–H groups in total. The van der Waals surface area contributed by atoms with E-state index in [4.69, 9.17) is 0 Å². The lowest BCUT2D eigenvalue weighted by atomic mass is 10.1. The second-order valence-corrected chi connectivity index (χ2v) is 5.88. The zero-order chi connectivity index (χ0) is 13.5. The van der Waals surface area contributed by atoms with E-state index < -0.39 is 0 Å². The third-order valence-electron chi connectivity index (χ3n) is 3.43. The highest BCUT2D eigenvalue weighted by atomic mass is 32.2. The van der Waals surface area contributed by atoms with Gasteiger partial charge in [0, 0.05) is 31.1 Å². The van der Waals surface area contributed by atoms with Gasteiger partial charge in [0.05, 0.1) is 6.04 Å². The minimum atomic E-state index is 0.00877. The molecule has 1 heterocycles. The zero-order valence-electron chi connectivity index (χ0n) is 11.5. The Bertz CT molecular complexity index is 390. The van der Waals surface area contributed by atoms with Crippen molar-refractivity contribution < 1.29 is 4.79 Å². The molecule has 1 aromatic carbocycles. The predicted octanol–water partition coefficient (Wildman–Crippen LogP) is 1.78. The minimum Gasteiger partial charge on any atom is -0.341 e. The summed E-state index contributed by atoms with van der Waals surface area (Å²) in [4.78, 5) is 14.4. The van der Waals surface area contributed by atoms with Gasteiger partial charge in [0.25, 0.3) is 0 Å². The fraction of sp³-hybridized carbons (Fsp3) is 0.533. The Hall–Kier alpha value is -1.00. The molecule has 1 fully saturated rings. The lowest BCUT2D eigenvalue weighted by Crippen LogP contribution is -2.51. The first-order valence-corrected chi connectivity index (χ1v) is 8.10. The Morgan fingerprint density at radius 1 is 1.42 bits per heavy atom. The van der Waals surface area contributed by atoms with Gasteiger partial charge < -0.3 is 10.2 Å². The van der Waals surface area contributed by atoms with E-state index in [1.54, 1.807) is 0 Å². The third-order valence-corrected chi connectivity index (χ3v) is 4.49. The van der Waals surface area contributed by atoms with Crippen LogP contribution in [0.15, 0.2) is 30.3 Å². The molecule has 3 nitrogen and oxygen atoms in total. The molecule has 0 saturated carbocycles. The van der Waals surface area contributed by atoms with Crippen LogP contribution in [0.2, 0.25) is 0 Å². The summed E-state index contributed by atoms with van der Waals surface area (Å²) >= 11 is 1.86. The average molecular weight is 278 g/mol. The van der Waals surface area contributed by atoms with Crippen molar-refractivity contribution in [1.29, 1.82) is 0 Å². The smallest absolute Gasteiger partial charge is 0.240 e. The van der Waals surface area contributed by atoms with Crippen molar-refractivity contribution in [3.05, 3.63) is 35.9 Å². The van der Waals surface area contributed by atoms with E-state index in [1.807, 2.05) is 34.9 Å². The van der Waals surface area contributed by atoms with Crippen LogP contribution < -0.4 is 5.32 Å². The molecule has 104 valence electrons. The molecular formula is C15H22N2OS. The number of carbonyl (C=O) groups is 1. The van der Waals surface area contributed by atoms with E-state index in [-0.39, 0.29) is 11.9 Å². The quantitative estimate of drug-likeness (QED) is 0.891. The van der Waals surface area contributed by atoms with Gasteiger partial charge in [-0.25, -0.2) is 0 Å². The van der Waals surface area contributed by atoms with Gasteiger partial charge >= 0.3 is 0 Å². The number of nitrogens with zero attached hydrogens (tertiary/aromatic N) is 1. The topological polar surface area (TPSA) is 32.3 Å². The van der Waals surface area contributed by atoms with Gasteiger partial charge in [0.15, 0.2) is 0 Å². The van der Waals surface area contributed by atoms with E-state index >= 15 is 0 Å².